The van der Waals surface area contributed by atoms with Gasteiger partial charge in [-0.05, 0) is 6.08 Å². The number of halogens is 3. The van der Waals surface area contributed by atoms with E-state index in [0.717, 1.165) is 6.07 Å². The zero-order valence-electron chi connectivity index (χ0n) is 8.58. The van der Waals surface area contributed by atoms with Crippen LogP contribution in [-0.4, -0.2) is 18.2 Å². The second kappa shape index (κ2) is 3.89. The molecule has 1 aromatic rings. The van der Waals surface area contributed by atoms with Gasteiger partial charge in [0.2, 0.25) is 5.76 Å². The molecular weight excluding hydrogens is 235 g/mol. The van der Waals surface area contributed by atoms with Crippen molar-refractivity contribution in [2.45, 2.75) is 6.18 Å². The quantitative estimate of drug-likeness (QED) is 0.860. The van der Waals surface area contributed by atoms with Gasteiger partial charge in [0.1, 0.15) is 11.1 Å². The van der Waals surface area contributed by atoms with Gasteiger partial charge in [-0.3, -0.25) is 0 Å². The number of nitrogens with one attached hydrogen (secondary N) is 1. The van der Waals surface area contributed by atoms with E-state index < -0.39 is 17.4 Å². The van der Waals surface area contributed by atoms with Crippen LogP contribution in [0.2, 0.25) is 0 Å². The third-order valence-electron chi connectivity index (χ3n) is 2.48. The highest BCUT2D eigenvalue weighted by Crippen LogP contribution is 2.30. The maximum Gasteiger partial charge on any atom is 0.452 e. The summed E-state index contributed by atoms with van der Waals surface area (Å²) >= 11 is 0. The molecule has 17 heavy (non-hydrogen) atoms. The van der Waals surface area contributed by atoms with Crippen LogP contribution in [0.1, 0.15) is 11.5 Å². The van der Waals surface area contributed by atoms with Gasteiger partial charge in [0, 0.05) is 19.2 Å². The summed E-state index contributed by atoms with van der Waals surface area (Å²) in [5.41, 5.74) is -0.587. The second-order valence-corrected chi connectivity index (χ2v) is 3.82. The predicted molar refractivity (Wildman–Crippen MR) is 51.5 cm³/mol. The second-order valence-electron chi connectivity index (χ2n) is 3.82. The average Bonchev–Trinajstić information content (AvgIpc) is 2.65. The lowest BCUT2D eigenvalue weighted by atomic mass is 9.83. The monoisotopic (exact) mass is 243 g/mol. The number of rotatable bonds is 2. The van der Waals surface area contributed by atoms with Crippen molar-refractivity contribution in [1.82, 2.24) is 10.5 Å². The van der Waals surface area contributed by atoms with E-state index >= 15 is 0 Å². The van der Waals surface area contributed by atoms with Gasteiger partial charge in [0.25, 0.3) is 0 Å². The van der Waals surface area contributed by atoms with Crippen molar-refractivity contribution in [3.63, 3.8) is 0 Å². The van der Waals surface area contributed by atoms with Crippen LogP contribution in [-0.2, 0) is 6.18 Å². The van der Waals surface area contributed by atoms with Crippen LogP contribution in [0.15, 0.2) is 16.7 Å². The molecule has 0 atom stereocenters. The Labute approximate surface area is 94.7 Å². The Bertz CT molecular complexity index is 480. The summed E-state index contributed by atoms with van der Waals surface area (Å²) in [6, 6.07) is 2.89. The van der Waals surface area contributed by atoms with Gasteiger partial charge < -0.3 is 9.84 Å². The molecule has 0 spiro atoms. The van der Waals surface area contributed by atoms with Gasteiger partial charge in [-0.2, -0.15) is 18.4 Å². The third-order valence-corrected chi connectivity index (χ3v) is 2.48. The molecule has 2 heterocycles. The fourth-order valence-electron chi connectivity index (χ4n) is 1.37. The SMILES string of the molecule is N#CC1(C=Cc2cc(C(F)(F)F)on2)CNC1. The molecule has 2 rings (SSSR count). The molecule has 0 bridgehead atoms. The summed E-state index contributed by atoms with van der Waals surface area (Å²) in [5, 5.41) is 15.1. The Morgan fingerprint density at radius 3 is 2.65 bits per heavy atom. The van der Waals surface area contributed by atoms with Crippen molar-refractivity contribution in [2.75, 3.05) is 13.1 Å². The van der Waals surface area contributed by atoms with E-state index in [1.54, 1.807) is 6.08 Å². The van der Waals surface area contributed by atoms with Crippen molar-refractivity contribution >= 4 is 6.08 Å². The average molecular weight is 243 g/mol. The minimum Gasteiger partial charge on any atom is -0.351 e. The topological polar surface area (TPSA) is 61.9 Å². The van der Waals surface area contributed by atoms with E-state index in [9.17, 15) is 13.2 Å². The lowest BCUT2D eigenvalue weighted by Gasteiger charge is -2.33. The first-order valence-corrected chi connectivity index (χ1v) is 4.80. The smallest absolute Gasteiger partial charge is 0.351 e. The molecule has 0 unspecified atom stereocenters. The molecule has 0 aliphatic carbocycles. The molecule has 7 heteroatoms. The lowest BCUT2D eigenvalue weighted by molar-refractivity contribution is -0.155. The molecule has 0 radical (unpaired) electrons. The van der Waals surface area contributed by atoms with Gasteiger partial charge in [-0.25, -0.2) is 0 Å². The molecule has 1 fully saturated rings. The zero-order valence-corrected chi connectivity index (χ0v) is 8.58. The first kappa shape index (κ1) is 11.7. The molecule has 1 aromatic heterocycles. The molecule has 0 amide bonds. The summed E-state index contributed by atoms with van der Waals surface area (Å²) in [6.45, 7) is 0.980. The van der Waals surface area contributed by atoms with Crippen molar-refractivity contribution in [3.05, 3.63) is 23.6 Å². The van der Waals surface area contributed by atoms with Crippen molar-refractivity contribution in [2.24, 2.45) is 5.41 Å². The van der Waals surface area contributed by atoms with Crippen LogP contribution >= 0.6 is 0 Å². The number of nitrogens with zero attached hydrogens (tertiary/aromatic N) is 2. The van der Waals surface area contributed by atoms with Crippen molar-refractivity contribution in [3.8, 4) is 6.07 Å². The summed E-state index contributed by atoms with van der Waals surface area (Å²) in [5.74, 6) is -1.14. The summed E-state index contributed by atoms with van der Waals surface area (Å²) in [7, 11) is 0. The summed E-state index contributed by atoms with van der Waals surface area (Å²) in [6.07, 6.45) is -1.63. The van der Waals surface area contributed by atoms with Gasteiger partial charge in [-0.15, -0.1) is 0 Å². The Morgan fingerprint density at radius 2 is 2.24 bits per heavy atom. The molecular formula is C10H8F3N3O. The fourth-order valence-corrected chi connectivity index (χ4v) is 1.37. The molecule has 1 aliphatic heterocycles. The number of alkyl halides is 3. The summed E-state index contributed by atoms with van der Waals surface area (Å²) in [4.78, 5) is 0. The Balaban J connectivity index is 2.12. The van der Waals surface area contributed by atoms with E-state index in [4.69, 9.17) is 5.26 Å². The highest BCUT2D eigenvalue weighted by molar-refractivity contribution is 5.47. The largest absolute Gasteiger partial charge is 0.452 e. The first-order valence-electron chi connectivity index (χ1n) is 4.80. The first-order chi connectivity index (χ1) is 7.95. The van der Waals surface area contributed by atoms with Gasteiger partial charge in [0.15, 0.2) is 0 Å². The lowest BCUT2D eigenvalue weighted by Crippen LogP contribution is -2.51. The Morgan fingerprint density at radius 1 is 1.53 bits per heavy atom. The number of hydrogen-bond donors (Lipinski definition) is 1. The highest BCUT2D eigenvalue weighted by atomic mass is 19.4. The van der Waals surface area contributed by atoms with Crippen LogP contribution in [0.3, 0.4) is 0 Å². The van der Waals surface area contributed by atoms with E-state index in [1.807, 2.05) is 0 Å². The zero-order chi connectivity index (χ0) is 12.5. The molecule has 1 N–H and O–H groups in total. The van der Waals surface area contributed by atoms with Crippen LogP contribution in [0.4, 0.5) is 13.2 Å². The number of hydrogen-bond acceptors (Lipinski definition) is 4. The van der Waals surface area contributed by atoms with Gasteiger partial charge in [0.05, 0.1) is 6.07 Å². The van der Waals surface area contributed by atoms with Crippen LogP contribution in [0.25, 0.3) is 6.08 Å². The predicted octanol–water partition coefficient (Wildman–Crippen LogP) is 1.82. The molecule has 0 saturated carbocycles. The van der Waals surface area contributed by atoms with Gasteiger partial charge in [-0.1, -0.05) is 11.2 Å². The Hall–Kier alpha value is -1.81. The standard InChI is InChI=1S/C10H8F3N3O/c11-10(12,13)8-3-7(16-17-8)1-2-9(4-14)5-15-6-9/h1-3,15H,5-6H2. The van der Waals surface area contributed by atoms with Crippen molar-refractivity contribution in [1.29, 1.82) is 5.26 Å². The normalized spacial score (nSPS) is 18.9. The fraction of sp³-hybridized carbons (Fsp3) is 0.400. The molecule has 1 aliphatic rings. The van der Waals surface area contributed by atoms with E-state index in [1.165, 1.54) is 6.08 Å². The minimum absolute atomic E-state index is 0.0545. The highest BCUT2D eigenvalue weighted by Gasteiger charge is 2.36. The van der Waals surface area contributed by atoms with E-state index in [2.05, 4.69) is 21.1 Å². The van der Waals surface area contributed by atoms with Crippen LogP contribution in [0.5, 0.6) is 0 Å². The summed E-state index contributed by atoms with van der Waals surface area (Å²) < 4.78 is 40.8. The number of aromatic nitrogens is 1. The maximum absolute atomic E-state index is 12.2. The molecule has 0 aromatic carbocycles. The van der Waals surface area contributed by atoms with E-state index in [-0.39, 0.29) is 5.69 Å². The Kier molecular flexibility index (Phi) is 2.67. The van der Waals surface area contributed by atoms with Crippen LogP contribution in [0, 0.1) is 16.7 Å². The van der Waals surface area contributed by atoms with E-state index in [0.29, 0.717) is 13.1 Å². The molecule has 1 saturated heterocycles. The van der Waals surface area contributed by atoms with Crippen LogP contribution < -0.4 is 5.32 Å². The third kappa shape index (κ3) is 2.31. The van der Waals surface area contributed by atoms with Crippen molar-refractivity contribution < 1.29 is 17.7 Å². The maximum atomic E-state index is 12.2. The molecule has 4 nitrogen and oxygen atoms in total. The minimum atomic E-state index is -4.54. The number of nitriles is 1. The molecule has 90 valence electrons. The van der Waals surface area contributed by atoms with Gasteiger partial charge >= 0.3 is 6.18 Å².